The quantitative estimate of drug-likeness (QED) is 0.426. The van der Waals surface area contributed by atoms with Crippen molar-refractivity contribution in [2.45, 2.75) is 32.2 Å². The minimum absolute atomic E-state index is 0.228. The second-order valence-corrected chi connectivity index (χ2v) is 8.16. The van der Waals surface area contributed by atoms with Gasteiger partial charge in [-0.1, -0.05) is 18.5 Å². The largest absolute Gasteiger partial charge is 0.496 e. The number of hydrogen-bond acceptors (Lipinski definition) is 5. The lowest BCUT2D eigenvalue weighted by molar-refractivity contribution is 0.0951. The van der Waals surface area contributed by atoms with E-state index >= 15 is 0 Å². The molecule has 1 heterocycles. The molecule has 0 radical (unpaired) electrons. The van der Waals surface area contributed by atoms with Crippen molar-refractivity contribution in [3.8, 4) is 17.2 Å². The summed E-state index contributed by atoms with van der Waals surface area (Å²) < 4.78 is 11.5. The van der Waals surface area contributed by atoms with Gasteiger partial charge in [0.1, 0.15) is 17.2 Å². The monoisotopic (exact) mass is 468 g/mol. The molecule has 9 heteroatoms. The molecular weight excluding hydrogens is 444 g/mol. The number of rotatable bonds is 8. The van der Waals surface area contributed by atoms with Crippen LogP contribution in [0.25, 0.3) is 10.9 Å². The molecule has 1 aromatic heterocycles. The summed E-state index contributed by atoms with van der Waals surface area (Å²) in [5.41, 5.74) is 1.51. The van der Waals surface area contributed by atoms with Crippen LogP contribution in [0, 0.1) is 0 Å². The average Bonchev–Trinajstić information content (AvgIpc) is 3.62. The molecule has 8 nitrogen and oxygen atoms in total. The first-order valence-corrected chi connectivity index (χ1v) is 11.2. The van der Waals surface area contributed by atoms with Gasteiger partial charge in [0.2, 0.25) is 0 Å². The Bertz CT molecular complexity index is 1200. The van der Waals surface area contributed by atoms with Crippen LogP contribution in [0.1, 0.15) is 36.5 Å². The second kappa shape index (κ2) is 9.95. The van der Waals surface area contributed by atoms with E-state index in [1.54, 1.807) is 42.6 Å². The molecule has 172 valence electrons. The van der Waals surface area contributed by atoms with Crippen LogP contribution in [0.2, 0.25) is 5.02 Å². The van der Waals surface area contributed by atoms with Crippen LogP contribution < -0.4 is 25.4 Å². The molecule has 0 aliphatic heterocycles. The highest BCUT2D eigenvalue weighted by molar-refractivity contribution is 6.33. The number of aromatic nitrogens is 1. The zero-order valence-corrected chi connectivity index (χ0v) is 19.2. The van der Waals surface area contributed by atoms with E-state index in [4.69, 9.17) is 21.1 Å². The van der Waals surface area contributed by atoms with Crippen LogP contribution in [0.5, 0.6) is 17.2 Å². The number of methoxy groups -OCH3 is 1. The van der Waals surface area contributed by atoms with Gasteiger partial charge in [-0.05, 0) is 43.5 Å². The number of carbonyl (C=O) groups excluding carboxylic acids is 2. The molecule has 3 amide bonds. The van der Waals surface area contributed by atoms with Gasteiger partial charge >= 0.3 is 6.03 Å². The Morgan fingerprint density at radius 2 is 1.97 bits per heavy atom. The summed E-state index contributed by atoms with van der Waals surface area (Å²) >= 11 is 6.36. The fourth-order valence-electron chi connectivity index (χ4n) is 3.28. The molecule has 33 heavy (non-hydrogen) atoms. The number of benzene rings is 2. The number of anilines is 1. The zero-order chi connectivity index (χ0) is 23.4. The second-order valence-electron chi connectivity index (χ2n) is 7.75. The molecule has 0 saturated heterocycles. The number of fused-ring (bicyclic) bond motifs is 1. The van der Waals surface area contributed by atoms with E-state index in [1.807, 2.05) is 6.92 Å². The molecule has 4 rings (SSSR count). The number of ether oxygens (including phenoxy) is 2. The van der Waals surface area contributed by atoms with Crippen molar-refractivity contribution in [3.05, 3.63) is 53.2 Å². The number of carbonyl (C=O) groups is 2. The highest BCUT2D eigenvalue weighted by Gasteiger charge is 2.23. The number of halogens is 1. The third-order valence-corrected chi connectivity index (χ3v) is 5.44. The van der Waals surface area contributed by atoms with Crippen LogP contribution in [0.4, 0.5) is 10.5 Å². The van der Waals surface area contributed by atoms with Gasteiger partial charge in [-0.2, -0.15) is 0 Å². The molecule has 0 atom stereocenters. The molecule has 0 spiro atoms. The molecule has 2 aromatic carbocycles. The Kier molecular flexibility index (Phi) is 6.84. The van der Waals surface area contributed by atoms with E-state index in [9.17, 15) is 9.59 Å². The van der Waals surface area contributed by atoms with Crippen molar-refractivity contribution >= 4 is 40.1 Å². The van der Waals surface area contributed by atoms with Gasteiger partial charge in [0, 0.05) is 36.3 Å². The van der Waals surface area contributed by atoms with Gasteiger partial charge in [-0.25, -0.2) is 4.79 Å². The highest BCUT2D eigenvalue weighted by atomic mass is 35.5. The highest BCUT2D eigenvalue weighted by Crippen LogP contribution is 2.35. The maximum Gasteiger partial charge on any atom is 0.319 e. The van der Waals surface area contributed by atoms with Crippen LogP contribution >= 0.6 is 11.6 Å². The minimum atomic E-state index is -0.281. The molecule has 1 aliphatic carbocycles. The van der Waals surface area contributed by atoms with E-state index in [1.165, 1.54) is 7.11 Å². The smallest absolute Gasteiger partial charge is 0.319 e. The summed E-state index contributed by atoms with van der Waals surface area (Å²) in [6, 6.07) is 10.1. The van der Waals surface area contributed by atoms with E-state index in [0.717, 1.165) is 19.3 Å². The first-order valence-electron chi connectivity index (χ1n) is 10.8. The SMILES string of the molecule is CCCNC(=O)c1cc2c(Oc3ccc(NC(=O)NC4CC4)c(Cl)c3)ccnc2cc1OC. The van der Waals surface area contributed by atoms with Gasteiger partial charge in [-0.3, -0.25) is 9.78 Å². The van der Waals surface area contributed by atoms with Crippen molar-refractivity contribution < 1.29 is 19.1 Å². The number of pyridine rings is 1. The van der Waals surface area contributed by atoms with E-state index in [-0.39, 0.29) is 18.0 Å². The molecule has 3 aromatic rings. The predicted octanol–water partition coefficient (Wildman–Crippen LogP) is 5.11. The third kappa shape index (κ3) is 5.46. The Balaban J connectivity index is 1.59. The molecule has 1 saturated carbocycles. The maximum atomic E-state index is 12.6. The lowest BCUT2D eigenvalue weighted by atomic mass is 10.1. The summed E-state index contributed by atoms with van der Waals surface area (Å²) in [6.07, 6.45) is 4.45. The number of hydrogen-bond donors (Lipinski definition) is 3. The first-order chi connectivity index (χ1) is 16.0. The summed E-state index contributed by atoms with van der Waals surface area (Å²) in [5.74, 6) is 1.20. The van der Waals surface area contributed by atoms with E-state index < -0.39 is 0 Å². The van der Waals surface area contributed by atoms with E-state index in [2.05, 4.69) is 20.9 Å². The number of nitrogens with zero attached hydrogens (tertiary/aromatic N) is 1. The number of urea groups is 1. The van der Waals surface area contributed by atoms with Crippen LogP contribution in [0.3, 0.4) is 0 Å². The Morgan fingerprint density at radius 3 is 2.67 bits per heavy atom. The molecule has 0 unspecified atom stereocenters. The fourth-order valence-corrected chi connectivity index (χ4v) is 3.49. The van der Waals surface area contributed by atoms with E-state index in [0.29, 0.717) is 51.0 Å². The van der Waals surface area contributed by atoms with Crippen molar-refractivity contribution in [1.82, 2.24) is 15.6 Å². The van der Waals surface area contributed by atoms with Crippen molar-refractivity contribution in [3.63, 3.8) is 0 Å². The predicted molar refractivity (Wildman–Crippen MR) is 128 cm³/mol. The third-order valence-electron chi connectivity index (χ3n) is 5.13. The van der Waals surface area contributed by atoms with Gasteiger partial charge in [0.15, 0.2) is 0 Å². The number of nitrogens with one attached hydrogen (secondary N) is 3. The Labute approximate surface area is 196 Å². The topological polar surface area (TPSA) is 102 Å². The summed E-state index contributed by atoms with van der Waals surface area (Å²) in [6.45, 7) is 2.55. The lowest BCUT2D eigenvalue weighted by Gasteiger charge is -2.14. The summed E-state index contributed by atoms with van der Waals surface area (Å²) in [7, 11) is 1.51. The first kappa shape index (κ1) is 22.7. The van der Waals surface area contributed by atoms with Crippen molar-refractivity contribution in [2.24, 2.45) is 0 Å². The zero-order valence-electron chi connectivity index (χ0n) is 18.4. The minimum Gasteiger partial charge on any atom is -0.496 e. The standard InChI is InChI=1S/C24H25ClN4O4/c1-3-9-27-23(30)17-12-16-20(13-22(17)32-2)26-10-8-21(16)33-15-6-7-19(18(25)11-15)29-24(31)28-14-4-5-14/h6-8,10-14H,3-5,9H2,1-2H3,(H,27,30)(H2,28,29,31). The summed E-state index contributed by atoms with van der Waals surface area (Å²) in [4.78, 5) is 29.0. The van der Waals surface area contributed by atoms with Gasteiger partial charge in [0.05, 0.1) is 28.9 Å². The Morgan fingerprint density at radius 1 is 1.15 bits per heavy atom. The molecule has 1 fully saturated rings. The molecular formula is C24H25ClN4O4. The van der Waals surface area contributed by atoms with Gasteiger partial charge in [0.25, 0.3) is 5.91 Å². The Hall–Kier alpha value is -3.52. The van der Waals surface area contributed by atoms with Crippen LogP contribution in [-0.2, 0) is 0 Å². The van der Waals surface area contributed by atoms with Crippen LogP contribution in [-0.4, -0.2) is 36.6 Å². The van der Waals surface area contributed by atoms with Gasteiger partial charge < -0.3 is 25.4 Å². The van der Waals surface area contributed by atoms with Crippen LogP contribution in [0.15, 0.2) is 42.6 Å². The molecule has 3 N–H and O–H groups in total. The normalized spacial score (nSPS) is 12.8. The molecule has 0 bridgehead atoms. The van der Waals surface area contributed by atoms with Crippen molar-refractivity contribution in [2.75, 3.05) is 19.0 Å². The average molecular weight is 469 g/mol. The maximum absolute atomic E-state index is 12.6. The fraction of sp³-hybridized carbons (Fsp3) is 0.292. The molecule has 1 aliphatic rings. The lowest BCUT2D eigenvalue weighted by Crippen LogP contribution is -2.30. The van der Waals surface area contributed by atoms with Gasteiger partial charge in [-0.15, -0.1) is 0 Å². The van der Waals surface area contributed by atoms with Crippen molar-refractivity contribution in [1.29, 1.82) is 0 Å². The summed E-state index contributed by atoms with van der Waals surface area (Å²) in [5, 5.41) is 9.46. The number of amides is 3.